The number of aromatic amines is 1. The van der Waals surface area contributed by atoms with Crippen LogP contribution in [0.25, 0.3) is 11.3 Å². The first-order chi connectivity index (χ1) is 10.0. The summed E-state index contributed by atoms with van der Waals surface area (Å²) in [5.74, 6) is 0.169. The fourth-order valence-electron chi connectivity index (χ4n) is 2.15. The zero-order chi connectivity index (χ0) is 15.4. The van der Waals surface area contributed by atoms with Crippen molar-refractivity contribution in [1.29, 1.82) is 0 Å². The van der Waals surface area contributed by atoms with Crippen LogP contribution >= 0.6 is 11.8 Å². The van der Waals surface area contributed by atoms with E-state index in [1.54, 1.807) is 30.1 Å². The number of amides is 3. The van der Waals surface area contributed by atoms with Crippen molar-refractivity contribution in [3.63, 3.8) is 0 Å². The Bertz CT molecular complexity index is 681. The summed E-state index contributed by atoms with van der Waals surface area (Å²) in [6, 6.07) is 6.51. The summed E-state index contributed by atoms with van der Waals surface area (Å²) in [6.45, 7) is 0. The molecule has 0 aliphatic rings. The Morgan fingerprint density at radius 1 is 1.29 bits per heavy atom. The highest BCUT2D eigenvalue weighted by Gasteiger charge is 2.17. The number of para-hydroxylation sites is 1. The van der Waals surface area contributed by atoms with Crippen molar-refractivity contribution >= 4 is 29.4 Å². The third-order valence-electron chi connectivity index (χ3n) is 2.98. The van der Waals surface area contributed by atoms with Gasteiger partial charge in [-0.25, -0.2) is 4.79 Å². The molecular formula is C14H16N4O2S. The van der Waals surface area contributed by atoms with E-state index in [1.807, 2.05) is 18.4 Å². The SMILES string of the molecule is CSCc1cccc(-c2[nH]ccc2C(N)=O)c1NC(N)=O. The van der Waals surface area contributed by atoms with Crippen molar-refractivity contribution in [2.24, 2.45) is 11.5 Å². The van der Waals surface area contributed by atoms with Gasteiger partial charge in [0.1, 0.15) is 0 Å². The molecule has 0 unspecified atom stereocenters. The number of carbonyl (C=O) groups is 2. The van der Waals surface area contributed by atoms with Gasteiger partial charge in [0.15, 0.2) is 0 Å². The van der Waals surface area contributed by atoms with Gasteiger partial charge in [0.05, 0.1) is 16.9 Å². The first kappa shape index (κ1) is 15.0. The molecule has 2 aromatic rings. The van der Waals surface area contributed by atoms with Gasteiger partial charge in [0.2, 0.25) is 0 Å². The van der Waals surface area contributed by atoms with Crippen LogP contribution in [0.15, 0.2) is 30.5 Å². The van der Waals surface area contributed by atoms with Gasteiger partial charge in [-0.1, -0.05) is 18.2 Å². The van der Waals surface area contributed by atoms with Crippen LogP contribution in [-0.4, -0.2) is 23.2 Å². The quantitative estimate of drug-likeness (QED) is 0.678. The lowest BCUT2D eigenvalue weighted by Gasteiger charge is -2.14. The molecule has 6 N–H and O–H groups in total. The number of benzene rings is 1. The molecule has 110 valence electrons. The molecular weight excluding hydrogens is 288 g/mol. The Kier molecular flexibility index (Phi) is 4.54. The molecule has 1 heterocycles. The van der Waals surface area contributed by atoms with E-state index in [9.17, 15) is 9.59 Å². The van der Waals surface area contributed by atoms with Crippen LogP contribution in [0.5, 0.6) is 0 Å². The average Bonchev–Trinajstić information content (AvgIpc) is 2.89. The van der Waals surface area contributed by atoms with Crippen molar-refractivity contribution in [3.05, 3.63) is 41.6 Å². The second-order valence-corrected chi connectivity index (χ2v) is 5.26. The molecule has 0 atom stereocenters. The lowest BCUT2D eigenvalue weighted by Crippen LogP contribution is -2.21. The lowest BCUT2D eigenvalue weighted by atomic mass is 10.0. The van der Waals surface area contributed by atoms with Crippen molar-refractivity contribution < 1.29 is 9.59 Å². The number of thioether (sulfide) groups is 1. The fourth-order valence-corrected chi connectivity index (χ4v) is 2.70. The van der Waals surface area contributed by atoms with Crippen LogP contribution in [0.2, 0.25) is 0 Å². The lowest BCUT2D eigenvalue weighted by molar-refractivity contribution is 0.100. The van der Waals surface area contributed by atoms with E-state index in [0.717, 1.165) is 5.56 Å². The molecule has 6 nitrogen and oxygen atoms in total. The van der Waals surface area contributed by atoms with Crippen LogP contribution in [0.3, 0.4) is 0 Å². The molecule has 0 saturated carbocycles. The van der Waals surface area contributed by atoms with Gasteiger partial charge in [0, 0.05) is 17.5 Å². The number of carbonyl (C=O) groups excluding carboxylic acids is 2. The van der Waals surface area contributed by atoms with Crippen molar-refractivity contribution in [2.45, 2.75) is 5.75 Å². The molecule has 0 aliphatic heterocycles. The maximum atomic E-state index is 11.5. The van der Waals surface area contributed by atoms with E-state index in [0.29, 0.717) is 28.3 Å². The number of nitrogens with two attached hydrogens (primary N) is 2. The third kappa shape index (κ3) is 3.19. The first-order valence-electron chi connectivity index (χ1n) is 6.19. The summed E-state index contributed by atoms with van der Waals surface area (Å²) < 4.78 is 0. The van der Waals surface area contributed by atoms with E-state index >= 15 is 0 Å². The molecule has 0 aliphatic carbocycles. The number of hydrogen-bond acceptors (Lipinski definition) is 3. The van der Waals surface area contributed by atoms with Crippen LogP contribution in [0.4, 0.5) is 10.5 Å². The second-order valence-electron chi connectivity index (χ2n) is 4.39. The number of aromatic nitrogens is 1. The van der Waals surface area contributed by atoms with E-state index in [1.165, 1.54) is 0 Å². The summed E-state index contributed by atoms with van der Waals surface area (Å²) in [6.07, 6.45) is 3.59. The number of nitrogens with one attached hydrogen (secondary N) is 2. The molecule has 0 bridgehead atoms. The smallest absolute Gasteiger partial charge is 0.316 e. The Morgan fingerprint density at radius 2 is 2.05 bits per heavy atom. The van der Waals surface area contributed by atoms with Gasteiger partial charge in [0.25, 0.3) is 5.91 Å². The zero-order valence-corrected chi connectivity index (χ0v) is 12.3. The molecule has 7 heteroatoms. The van der Waals surface area contributed by atoms with Gasteiger partial charge >= 0.3 is 6.03 Å². The van der Waals surface area contributed by atoms with E-state index in [2.05, 4.69) is 10.3 Å². The van der Waals surface area contributed by atoms with Gasteiger partial charge in [-0.3, -0.25) is 4.79 Å². The summed E-state index contributed by atoms with van der Waals surface area (Å²) >= 11 is 1.62. The molecule has 3 amide bonds. The molecule has 1 aromatic carbocycles. The topological polar surface area (TPSA) is 114 Å². The predicted octanol–water partition coefficient (Wildman–Crippen LogP) is 2.13. The minimum atomic E-state index is -0.656. The number of hydrogen-bond donors (Lipinski definition) is 4. The highest BCUT2D eigenvalue weighted by Crippen LogP contribution is 2.33. The summed E-state index contributed by atoms with van der Waals surface area (Å²) in [5.41, 5.74) is 13.7. The van der Waals surface area contributed by atoms with Crippen molar-refractivity contribution in [1.82, 2.24) is 4.98 Å². The minimum Gasteiger partial charge on any atom is -0.366 e. The van der Waals surface area contributed by atoms with E-state index < -0.39 is 11.9 Å². The Morgan fingerprint density at radius 3 is 2.67 bits per heavy atom. The van der Waals surface area contributed by atoms with Crippen molar-refractivity contribution in [3.8, 4) is 11.3 Å². The first-order valence-corrected chi connectivity index (χ1v) is 7.58. The predicted molar refractivity (Wildman–Crippen MR) is 85.2 cm³/mol. The van der Waals surface area contributed by atoms with E-state index in [4.69, 9.17) is 11.5 Å². The maximum Gasteiger partial charge on any atom is 0.316 e. The van der Waals surface area contributed by atoms with Gasteiger partial charge in [-0.15, -0.1) is 0 Å². The molecule has 1 aromatic heterocycles. The molecule has 0 saturated heterocycles. The summed E-state index contributed by atoms with van der Waals surface area (Å²) in [4.78, 5) is 25.7. The Balaban J connectivity index is 2.61. The molecule has 0 radical (unpaired) electrons. The number of urea groups is 1. The van der Waals surface area contributed by atoms with Gasteiger partial charge < -0.3 is 21.8 Å². The van der Waals surface area contributed by atoms with E-state index in [-0.39, 0.29) is 0 Å². The number of anilines is 1. The fraction of sp³-hybridized carbons (Fsp3) is 0.143. The highest BCUT2D eigenvalue weighted by atomic mass is 32.2. The zero-order valence-electron chi connectivity index (χ0n) is 11.5. The third-order valence-corrected chi connectivity index (χ3v) is 3.58. The van der Waals surface area contributed by atoms with Gasteiger partial charge in [-0.2, -0.15) is 11.8 Å². The number of primary amides is 2. The minimum absolute atomic E-state index is 0.365. The monoisotopic (exact) mass is 304 g/mol. The van der Waals surface area contributed by atoms with Crippen LogP contribution in [-0.2, 0) is 5.75 Å². The number of H-pyrrole nitrogens is 1. The standard InChI is InChI=1S/C14H16N4O2S/c1-21-7-8-3-2-4-9(11(8)18-14(16)20)12-10(13(15)19)5-6-17-12/h2-6,17H,7H2,1H3,(H2,15,19)(H3,16,18,20). The Labute approximate surface area is 126 Å². The molecule has 0 spiro atoms. The Hall–Kier alpha value is -2.41. The number of rotatable bonds is 5. The van der Waals surface area contributed by atoms with Crippen LogP contribution in [0.1, 0.15) is 15.9 Å². The van der Waals surface area contributed by atoms with Crippen LogP contribution < -0.4 is 16.8 Å². The summed E-state index contributed by atoms with van der Waals surface area (Å²) in [7, 11) is 0. The molecule has 2 rings (SSSR count). The molecule has 21 heavy (non-hydrogen) atoms. The van der Waals surface area contributed by atoms with Crippen LogP contribution in [0, 0.1) is 0 Å². The largest absolute Gasteiger partial charge is 0.366 e. The highest BCUT2D eigenvalue weighted by molar-refractivity contribution is 7.97. The average molecular weight is 304 g/mol. The van der Waals surface area contributed by atoms with Crippen molar-refractivity contribution in [2.75, 3.05) is 11.6 Å². The normalized spacial score (nSPS) is 10.3. The molecule has 0 fully saturated rings. The summed E-state index contributed by atoms with van der Waals surface area (Å²) in [5, 5.41) is 2.63. The maximum absolute atomic E-state index is 11.5. The second kappa shape index (κ2) is 6.36. The van der Waals surface area contributed by atoms with Gasteiger partial charge in [-0.05, 0) is 17.9 Å².